The zero-order valence-electron chi connectivity index (χ0n) is 11.1. The number of aryl methyl sites for hydroxylation is 1. The lowest BCUT2D eigenvalue weighted by atomic mass is 10.0. The number of carbonyl (C=O) groups is 1. The average Bonchev–Trinajstić information content (AvgIpc) is 3.04. The second kappa shape index (κ2) is 4.96. The number of fused-ring (bicyclic) bond motifs is 1. The van der Waals surface area contributed by atoms with Crippen LogP contribution in [-0.2, 0) is 17.8 Å². The van der Waals surface area contributed by atoms with E-state index < -0.39 is 11.9 Å². The number of carboxylic acids is 1. The number of hydrogen-bond donors (Lipinski definition) is 1. The number of anilines is 1. The van der Waals surface area contributed by atoms with Crippen LogP contribution in [-0.4, -0.2) is 27.8 Å². The smallest absolute Gasteiger partial charge is 0.312 e. The third-order valence-corrected chi connectivity index (χ3v) is 3.51. The summed E-state index contributed by atoms with van der Waals surface area (Å²) >= 11 is 0. The summed E-state index contributed by atoms with van der Waals surface area (Å²) in [6, 6.07) is 7.55. The van der Waals surface area contributed by atoms with Gasteiger partial charge in [-0.25, -0.2) is 0 Å². The highest BCUT2D eigenvalue weighted by atomic mass is 16.5. The van der Waals surface area contributed by atoms with Crippen LogP contribution in [0.3, 0.4) is 0 Å². The number of benzene rings is 1. The first-order chi connectivity index (χ1) is 9.69. The number of hydrogen-bond acceptors (Lipinski definition) is 5. The average molecular weight is 273 g/mol. The molecule has 20 heavy (non-hydrogen) atoms. The second-order valence-electron chi connectivity index (χ2n) is 4.79. The van der Waals surface area contributed by atoms with E-state index in [4.69, 9.17) is 4.52 Å². The molecule has 1 N–H and O–H groups in total. The van der Waals surface area contributed by atoms with Gasteiger partial charge < -0.3 is 14.5 Å². The fourth-order valence-corrected chi connectivity index (χ4v) is 2.51. The zero-order chi connectivity index (χ0) is 14.1. The van der Waals surface area contributed by atoms with Crippen LogP contribution in [0.5, 0.6) is 0 Å². The van der Waals surface area contributed by atoms with E-state index in [-0.39, 0.29) is 0 Å². The molecular weight excluding hydrogens is 258 g/mol. The van der Waals surface area contributed by atoms with Crippen molar-refractivity contribution in [2.75, 3.05) is 11.4 Å². The van der Waals surface area contributed by atoms with Crippen LogP contribution in [0.25, 0.3) is 0 Å². The summed E-state index contributed by atoms with van der Waals surface area (Å²) in [5.74, 6) is -0.121. The summed E-state index contributed by atoms with van der Waals surface area (Å²) < 4.78 is 5.18. The Morgan fingerprint density at radius 1 is 1.50 bits per heavy atom. The molecule has 1 aromatic carbocycles. The van der Waals surface area contributed by atoms with Gasteiger partial charge in [0.1, 0.15) is 5.92 Å². The zero-order valence-corrected chi connectivity index (χ0v) is 11.1. The van der Waals surface area contributed by atoms with Gasteiger partial charge in [-0.15, -0.1) is 0 Å². The molecule has 0 bridgehead atoms. The van der Waals surface area contributed by atoms with Gasteiger partial charge in [-0.1, -0.05) is 30.3 Å². The molecule has 3 rings (SSSR count). The fourth-order valence-electron chi connectivity index (χ4n) is 2.51. The molecule has 0 saturated carbocycles. The Labute approximate surface area is 116 Å². The maximum atomic E-state index is 11.3. The first-order valence-corrected chi connectivity index (χ1v) is 6.57. The molecule has 2 aromatic rings. The predicted octanol–water partition coefficient (Wildman–Crippen LogP) is 1.82. The minimum Gasteiger partial charge on any atom is -0.481 e. The molecule has 0 amide bonds. The Hall–Kier alpha value is -2.37. The predicted molar refractivity (Wildman–Crippen MR) is 71.5 cm³/mol. The van der Waals surface area contributed by atoms with E-state index in [0.29, 0.717) is 24.8 Å². The van der Waals surface area contributed by atoms with Crippen molar-refractivity contribution in [3.8, 4) is 0 Å². The van der Waals surface area contributed by atoms with Gasteiger partial charge in [0.25, 0.3) is 0 Å². The molecule has 1 aliphatic rings. The standard InChI is InChI=1S/C14H15N3O3/c1-2-12-15-13(20-16-12)8-17-7-10(14(18)19)9-5-3-4-6-11(9)17/h3-6,10H,2,7-8H2,1H3,(H,18,19). The number of para-hydroxylation sites is 1. The minimum absolute atomic E-state index is 0.429. The van der Waals surface area contributed by atoms with Crippen LogP contribution >= 0.6 is 0 Å². The maximum Gasteiger partial charge on any atom is 0.312 e. The molecule has 0 spiro atoms. The molecule has 0 saturated heterocycles. The lowest BCUT2D eigenvalue weighted by Gasteiger charge is -2.16. The van der Waals surface area contributed by atoms with Crippen molar-refractivity contribution < 1.29 is 14.4 Å². The van der Waals surface area contributed by atoms with Crippen LogP contribution in [0.2, 0.25) is 0 Å². The number of aliphatic carboxylic acids is 1. The highest BCUT2D eigenvalue weighted by Crippen LogP contribution is 2.36. The van der Waals surface area contributed by atoms with Crippen molar-refractivity contribution in [3.63, 3.8) is 0 Å². The Morgan fingerprint density at radius 3 is 3.00 bits per heavy atom. The van der Waals surface area contributed by atoms with E-state index in [9.17, 15) is 9.90 Å². The van der Waals surface area contributed by atoms with Crippen molar-refractivity contribution in [2.45, 2.75) is 25.8 Å². The lowest BCUT2D eigenvalue weighted by Crippen LogP contribution is -2.24. The molecule has 2 heterocycles. The third-order valence-electron chi connectivity index (χ3n) is 3.51. The van der Waals surface area contributed by atoms with Gasteiger partial charge in [-0.2, -0.15) is 4.98 Å². The second-order valence-corrected chi connectivity index (χ2v) is 4.79. The van der Waals surface area contributed by atoms with E-state index in [1.807, 2.05) is 36.1 Å². The molecular formula is C14H15N3O3. The molecule has 1 aromatic heterocycles. The first kappa shape index (κ1) is 12.7. The van der Waals surface area contributed by atoms with Gasteiger partial charge in [0.2, 0.25) is 5.89 Å². The molecule has 6 nitrogen and oxygen atoms in total. The number of nitrogens with zero attached hydrogens (tertiary/aromatic N) is 3. The van der Waals surface area contributed by atoms with Gasteiger partial charge >= 0.3 is 5.97 Å². The highest BCUT2D eigenvalue weighted by molar-refractivity contribution is 5.82. The number of rotatable bonds is 4. The monoisotopic (exact) mass is 273 g/mol. The Balaban J connectivity index is 1.86. The summed E-state index contributed by atoms with van der Waals surface area (Å²) in [5.41, 5.74) is 1.77. The first-order valence-electron chi connectivity index (χ1n) is 6.57. The third kappa shape index (κ3) is 2.13. The highest BCUT2D eigenvalue weighted by Gasteiger charge is 2.33. The van der Waals surface area contributed by atoms with E-state index in [2.05, 4.69) is 10.1 Å². The van der Waals surface area contributed by atoms with Gasteiger partial charge in [0, 0.05) is 18.7 Å². The molecule has 1 atom stereocenters. The minimum atomic E-state index is -0.806. The van der Waals surface area contributed by atoms with Crippen LogP contribution in [0.15, 0.2) is 28.8 Å². The molecule has 6 heteroatoms. The van der Waals surface area contributed by atoms with Gasteiger partial charge in [0.15, 0.2) is 5.82 Å². The van der Waals surface area contributed by atoms with Gasteiger partial charge in [0.05, 0.1) is 6.54 Å². The summed E-state index contributed by atoms with van der Waals surface area (Å²) in [5, 5.41) is 13.2. The molecule has 1 unspecified atom stereocenters. The van der Waals surface area contributed by atoms with E-state index >= 15 is 0 Å². The quantitative estimate of drug-likeness (QED) is 0.915. The van der Waals surface area contributed by atoms with Crippen molar-refractivity contribution in [1.29, 1.82) is 0 Å². The van der Waals surface area contributed by atoms with Crippen LogP contribution in [0.1, 0.15) is 30.1 Å². The molecule has 104 valence electrons. The molecule has 0 fully saturated rings. The van der Waals surface area contributed by atoms with Crippen molar-refractivity contribution in [3.05, 3.63) is 41.5 Å². The summed E-state index contributed by atoms with van der Waals surface area (Å²) in [6.07, 6.45) is 0.720. The molecule has 0 aliphatic carbocycles. The Bertz CT molecular complexity index is 638. The van der Waals surface area contributed by atoms with E-state index in [1.54, 1.807) is 0 Å². The summed E-state index contributed by atoms with van der Waals surface area (Å²) in [7, 11) is 0. The Kier molecular flexibility index (Phi) is 3.14. The number of carboxylic acid groups (broad SMARTS) is 1. The van der Waals surface area contributed by atoms with Crippen LogP contribution in [0, 0.1) is 0 Å². The molecule has 1 aliphatic heterocycles. The van der Waals surface area contributed by atoms with Gasteiger partial charge in [-0.3, -0.25) is 4.79 Å². The maximum absolute atomic E-state index is 11.3. The summed E-state index contributed by atoms with van der Waals surface area (Å²) in [4.78, 5) is 17.6. The Morgan fingerprint density at radius 2 is 2.30 bits per heavy atom. The SMILES string of the molecule is CCc1noc(CN2CC(C(=O)O)c3ccccc32)n1. The van der Waals surface area contributed by atoms with Gasteiger partial charge in [-0.05, 0) is 11.6 Å². The van der Waals surface area contributed by atoms with E-state index in [1.165, 1.54) is 0 Å². The van der Waals surface area contributed by atoms with E-state index in [0.717, 1.165) is 17.7 Å². The van der Waals surface area contributed by atoms with Crippen LogP contribution in [0.4, 0.5) is 5.69 Å². The fraction of sp³-hybridized carbons (Fsp3) is 0.357. The summed E-state index contributed by atoms with van der Waals surface area (Å²) in [6.45, 7) is 2.83. The van der Waals surface area contributed by atoms with Crippen molar-refractivity contribution >= 4 is 11.7 Å². The normalized spacial score (nSPS) is 17.2. The van der Waals surface area contributed by atoms with Crippen LogP contribution < -0.4 is 4.90 Å². The largest absolute Gasteiger partial charge is 0.481 e. The number of aromatic nitrogens is 2. The van der Waals surface area contributed by atoms with Crippen molar-refractivity contribution in [1.82, 2.24) is 10.1 Å². The van der Waals surface area contributed by atoms with Crippen molar-refractivity contribution in [2.24, 2.45) is 0 Å². The molecule has 0 radical (unpaired) electrons. The lowest BCUT2D eigenvalue weighted by molar-refractivity contribution is -0.138. The topological polar surface area (TPSA) is 79.5 Å².